The minimum absolute atomic E-state index is 0.416. The van der Waals surface area contributed by atoms with Crippen LogP contribution in [0.3, 0.4) is 0 Å². The number of aliphatic hydroxyl groups excluding tert-OH is 1. The lowest BCUT2D eigenvalue weighted by molar-refractivity contribution is 0.199. The molecule has 1 fully saturated rings. The first-order valence-corrected chi connectivity index (χ1v) is 7.21. The van der Waals surface area contributed by atoms with E-state index in [4.69, 9.17) is 0 Å². The Morgan fingerprint density at radius 2 is 2.11 bits per heavy atom. The van der Waals surface area contributed by atoms with E-state index in [1.807, 2.05) is 12.1 Å². The third-order valence-electron chi connectivity index (χ3n) is 3.59. The first-order valence-electron chi connectivity index (χ1n) is 6.41. The standard InChI is InChI=1S/C14H21BrN2O/c1-10-9-16(3)6-7-17(10)14-5-4-12(11(2)18)8-13(14)15/h4-5,8,10-11,18H,6-7,9H2,1-3H3/t10?,11-/m1/s1. The van der Waals surface area contributed by atoms with E-state index in [2.05, 4.69) is 45.8 Å². The van der Waals surface area contributed by atoms with Gasteiger partial charge in [0.25, 0.3) is 0 Å². The zero-order valence-corrected chi connectivity index (χ0v) is 12.8. The molecule has 0 radical (unpaired) electrons. The quantitative estimate of drug-likeness (QED) is 0.909. The Bertz CT molecular complexity index is 422. The first kappa shape index (κ1) is 13.8. The summed E-state index contributed by atoms with van der Waals surface area (Å²) in [5.41, 5.74) is 2.17. The smallest absolute Gasteiger partial charge is 0.0762 e. The van der Waals surface area contributed by atoms with Crippen LogP contribution in [0.5, 0.6) is 0 Å². The lowest BCUT2D eigenvalue weighted by Crippen LogP contribution is -2.50. The van der Waals surface area contributed by atoms with Gasteiger partial charge in [-0.3, -0.25) is 0 Å². The Balaban J connectivity index is 2.23. The van der Waals surface area contributed by atoms with Crippen molar-refractivity contribution in [3.8, 4) is 0 Å². The van der Waals surface area contributed by atoms with Crippen LogP contribution in [0, 0.1) is 0 Å². The lowest BCUT2D eigenvalue weighted by Gasteiger charge is -2.40. The van der Waals surface area contributed by atoms with Gasteiger partial charge in [0, 0.05) is 30.1 Å². The van der Waals surface area contributed by atoms with E-state index in [9.17, 15) is 5.11 Å². The molecule has 1 aromatic carbocycles. The molecule has 0 aliphatic carbocycles. The van der Waals surface area contributed by atoms with Crippen molar-refractivity contribution in [2.75, 3.05) is 31.6 Å². The van der Waals surface area contributed by atoms with Gasteiger partial charge in [-0.25, -0.2) is 0 Å². The third-order valence-corrected chi connectivity index (χ3v) is 4.23. The van der Waals surface area contributed by atoms with Gasteiger partial charge in [0.05, 0.1) is 11.8 Å². The number of rotatable bonds is 2. The molecule has 0 saturated carbocycles. The van der Waals surface area contributed by atoms with Crippen LogP contribution in [-0.4, -0.2) is 42.7 Å². The van der Waals surface area contributed by atoms with Crippen LogP contribution in [0.1, 0.15) is 25.5 Å². The molecule has 0 spiro atoms. The van der Waals surface area contributed by atoms with Gasteiger partial charge in [0.2, 0.25) is 0 Å². The minimum Gasteiger partial charge on any atom is -0.389 e. The van der Waals surface area contributed by atoms with Crippen molar-refractivity contribution in [2.24, 2.45) is 0 Å². The van der Waals surface area contributed by atoms with Crippen molar-refractivity contribution in [3.05, 3.63) is 28.2 Å². The summed E-state index contributed by atoms with van der Waals surface area (Å²) in [5.74, 6) is 0. The number of piperazine rings is 1. The zero-order valence-electron chi connectivity index (χ0n) is 11.2. The summed E-state index contributed by atoms with van der Waals surface area (Å²) >= 11 is 3.63. The highest BCUT2D eigenvalue weighted by Gasteiger charge is 2.23. The number of anilines is 1. The molecule has 0 aromatic heterocycles. The van der Waals surface area contributed by atoms with Crippen LogP contribution in [0.2, 0.25) is 0 Å². The highest BCUT2D eigenvalue weighted by Crippen LogP contribution is 2.31. The van der Waals surface area contributed by atoms with Crippen molar-refractivity contribution in [1.29, 1.82) is 0 Å². The average Bonchev–Trinajstić information content (AvgIpc) is 2.30. The van der Waals surface area contributed by atoms with Crippen molar-refractivity contribution in [1.82, 2.24) is 4.90 Å². The SMILES string of the molecule is CC1CN(C)CCN1c1ccc([C@@H](C)O)cc1Br. The summed E-state index contributed by atoms with van der Waals surface area (Å²) in [6, 6.07) is 6.65. The number of aliphatic hydroxyl groups is 1. The predicted molar refractivity (Wildman–Crippen MR) is 79.1 cm³/mol. The molecule has 3 nitrogen and oxygen atoms in total. The van der Waals surface area contributed by atoms with Crippen LogP contribution >= 0.6 is 15.9 Å². The van der Waals surface area contributed by atoms with Gasteiger partial charge in [-0.05, 0) is 54.5 Å². The van der Waals surface area contributed by atoms with Crippen molar-refractivity contribution in [3.63, 3.8) is 0 Å². The van der Waals surface area contributed by atoms with Gasteiger partial charge in [-0.15, -0.1) is 0 Å². The second kappa shape index (κ2) is 5.59. The van der Waals surface area contributed by atoms with E-state index in [1.54, 1.807) is 6.92 Å². The van der Waals surface area contributed by atoms with Gasteiger partial charge in [0.1, 0.15) is 0 Å². The van der Waals surface area contributed by atoms with Crippen molar-refractivity contribution < 1.29 is 5.11 Å². The summed E-state index contributed by atoms with van der Waals surface area (Å²) in [5, 5.41) is 9.59. The highest BCUT2D eigenvalue weighted by molar-refractivity contribution is 9.10. The molecule has 1 aromatic rings. The molecule has 1 aliphatic rings. The summed E-state index contributed by atoms with van der Waals surface area (Å²) < 4.78 is 1.07. The predicted octanol–water partition coefficient (Wildman–Crippen LogP) is 2.64. The maximum atomic E-state index is 9.59. The topological polar surface area (TPSA) is 26.7 Å². The van der Waals surface area contributed by atoms with E-state index < -0.39 is 6.10 Å². The Morgan fingerprint density at radius 1 is 1.39 bits per heavy atom. The molecule has 100 valence electrons. The van der Waals surface area contributed by atoms with Gasteiger partial charge < -0.3 is 14.9 Å². The molecule has 0 amide bonds. The van der Waals surface area contributed by atoms with Crippen molar-refractivity contribution in [2.45, 2.75) is 26.0 Å². The summed E-state index contributed by atoms with van der Waals surface area (Å²) in [7, 11) is 2.17. The summed E-state index contributed by atoms with van der Waals surface area (Å²) in [6.07, 6.45) is -0.416. The van der Waals surface area contributed by atoms with Gasteiger partial charge in [0.15, 0.2) is 0 Å². The maximum absolute atomic E-state index is 9.59. The molecule has 18 heavy (non-hydrogen) atoms. The van der Waals surface area contributed by atoms with Crippen LogP contribution in [-0.2, 0) is 0 Å². The fraction of sp³-hybridized carbons (Fsp3) is 0.571. The molecule has 1 saturated heterocycles. The fourth-order valence-electron chi connectivity index (χ4n) is 2.51. The Hall–Kier alpha value is -0.580. The fourth-order valence-corrected chi connectivity index (χ4v) is 3.14. The van der Waals surface area contributed by atoms with Gasteiger partial charge >= 0.3 is 0 Å². The van der Waals surface area contributed by atoms with E-state index in [0.717, 1.165) is 29.7 Å². The highest BCUT2D eigenvalue weighted by atomic mass is 79.9. The van der Waals surface area contributed by atoms with Crippen LogP contribution in [0.15, 0.2) is 22.7 Å². The molecule has 1 heterocycles. The molecule has 2 rings (SSSR count). The maximum Gasteiger partial charge on any atom is 0.0762 e. The minimum atomic E-state index is -0.416. The molecular weight excluding hydrogens is 292 g/mol. The average molecular weight is 313 g/mol. The van der Waals surface area contributed by atoms with Crippen molar-refractivity contribution >= 4 is 21.6 Å². The number of likely N-dealkylation sites (N-methyl/N-ethyl adjacent to an activating group) is 1. The van der Waals surface area contributed by atoms with E-state index in [-0.39, 0.29) is 0 Å². The van der Waals surface area contributed by atoms with Crippen LogP contribution in [0.25, 0.3) is 0 Å². The number of hydrogen-bond donors (Lipinski definition) is 1. The van der Waals surface area contributed by atoms with Gasteiger partial charge in [-0.2, -0.15) is 0 Å². The number of benzene rings is 1. The molecule has 4 heteroatoms. The molecule has 1 aliphatic heterocycles. The molecule has 1 unspecified atom stereocenters. The Morgan fingerprint density at radius 3 is 2.67 bits per heavy atom. The van der Waals surface area contributed by atoms with E-state index in [1.165, 1.54) is 5.69 Å². The first-order chi connectivity index (χ1) is 8.49. The molecule has 0 bridgehead atoms. The monoisotopic (exact) mass is 312 g/mol. The second-order valence-electron chi connectivity index (χ2n) is 5.19. The Labute approximate surface area is 118 Å². The number of hydrogen-bond acceptors (Lipinski definition) is 3. The van der Waals surface area contributed by atoms with E-state index in [0.29, 0.717) is 6.04 Å². The molecular formula is C14H21BrN2O. The summed E-state index contributed by atoms with van der Waals surface area (Å²) in [4.78, 5) is 4.79. The molecule has 1 N–H and O–H groups in total. The third kappa shape index (κ3) is 2.87. The number of nitrogens with zero attached hydrogens (tertiary/aromatic N) is 2. The summed E-state index contributed by atoms with van der Waals surface area (Å²) in [6.45, 7) is 7.27. The van der Waals surface area contributed by atoms with E-state index >= 15 is 0 Å². The van der Waals surface area contributed by atoms with Crippen LogP contribution < -0.4 is 4.90 Å². The van der Waals surface area contributed by atoms with Gasteiger partial charge in [-0.1, -0.05) is 6.07 Å². The Kier molecular flexibility index (Phi) is 4.30. The largest absolute Gasteiger partial charge is 0.389 e. The second-order valence-corrected chi connectivity index (χ2v) is 6.05. The number of halogens is 1. The normalized spacial score (nSPS) is 23.2. The van der Waals surface area contributed by atoms with Crippen LogP contribution in [0.4, 0.5) is 5.69 Å². The zero-order chi connectivity index (χ0) is 13.3. The lowest BCUT2D eigenvalue weighted by atomic mass is 10.1. The molecule has 2 atom stereocenters.